The molecule has 0 aliphatic heterocycles. The molecule has 11 nitrogen and oxygen atoms in total. The molecule has 1 heterocycles. The number of carbonyl (C=O) groups is 3. The number of phenolic OH excluding ortho intramolecular Hbond substituents is 1. The van der Waals surface area contributed by atoms with Gasteiger partial charge >= 0.3 is 17.9 Å². The second-order valence-corrected chi connectivity index (χ2v) is 8.96. The van der Waals surface area contributed by atoms with E-state index in [1.54, 1.807) is 12.1 Å². The normalized spacial score (nSPS) is 12.6. The predicted molar refractivity (Wildman–Crippen MR) is 151 cm³/mol. The number of benzene rings is 3. The number of nitrogens with one attached hydrogen (secondary N) is 1. The van der Waals surface area contributed by atoms with Crippen LogP contribution in [-0.4, -0.2) is 61.4 Å². The molecule has 0 unspecified atom stereocenters. The van der Waals surface area contributed by atoms with Crippen molar-refractivity contribution in [2.24, 2.45) is 17.2 Å². The number of H-pyrrole nitrogens is 1. The van der Waals surface area contributed by atoms with Crippen molar-refractivity contribution in [1.82, 2.24) is 4.98 Å². The molecule has 4 aromatic rings. The summed E-state index contributed by atoms with van der Waals surface area (Å²) in [5, 5.41) is 35.7. The smallest absolute Gasteiger partial charge is 0.320 e. The van der Waals surface area contributed by atoms with Crippen molar-refractivity contribution in [2.75, 3.05) is 0 Å². The maximum absolute atomic E-state index is 10.6. The Hall–Kier alpha value is -4.71. The lowest BCUT2D eigenvalue weighted by molar-refractivity contribution is -0.139. The van der Waals surface area contributed by atoms with E-state index < -0.39 is 36.0 Å². The van der Waals surface area contributed by atoms with Crippen LogP contribution in [0.5, 0.6) is 5.75 Å². The third-order valence-corrected chi connectivity index (χ3v) is 5.76. The van der Waals surface area contributed by atoms with Crippen LogP contribution in [0.4, 0.5) is 0 Å². The maximum atomic E-state index is 10.6. The lowest BCUT2D eigenvalue weighted by Gasteiger charge is -2.05. The van der Waals surface area contributed by atoms with Crippen molar-refractivity contribution in [3.63, 3.8) is 0 Å². The SMILES string of the molecule is N[C@@H](Cc1c[nH]c2ccccc12)C(=O)O.N[C@@H](Cc1ccc(O)cc1)C(=O)O.N[C@@H](Cc1ccccc1)C(=O)O. The number of phenols is 1. The van der Waals surface area contributed by atoms with Crippen LogP contribution >= 0.6 is 0 Å². The van der Waals surface area contributed by atoms with E-state index in [4.69, 9.17) is 37.6 Å². The number of aromatic amines is 1. The van der Waals surface area contributed by atoms with Crippen molar-refractivity contribution >= 4 is 28.8 Å². The molecule has 0 spiro atoms. The molecule has 0 radical (unpaired) electrons. The van der Waals surface area contributed by atoms with Crippen LogP contribution in [0.3, 0.4) is 0 Å². The first-order valence-corrected chi connectivity index (χ1v) is 12.3. The second kappa shape index (κ2) is 15.6. The molecule has 3 atom stereocenters. The topological polar surface area (TPSA) is 226 Å². The third kappa shape index (κ3) is 10.6. The number of nitrogens with two attached hydrogens (primary N) is 3. The number of fused-ring (bicyclic) bond motifs is 1. The second-order valence-electron chi connectivity index (χ2n) is 8.96. The van der Waals surface area contributed by atoms with Gasteiger partial charge in [-0.05, 0) is 47.7 Å². The molecule has 40 heavy (non-hydrogen) atoms. The molecular formula is C29H34N4O7. The summed E-state index contributed by atoms with van der Waals surface area (Å²) in [6, 6.07) is 20.9. The monoisotopic (exact) mass is 550 g/mol. The summed E-state index contributed by atoms with van der Waals surface area (Å²) in [7, 11) is 0. The molecule has 3 aromatic carbocycles. The van der Waals surface area contributed by atoms with Crippen molar-refractivity contribution in [3.05, 3.63) is 102 Å². The zero-order valence-corrected chi connectivity index (χ0v) is 21.7. The van der Waals surface area contributed by atoms with Crippen molar-refractivity contribution in [2.45, 2.75) is 37.4 Å². The molecular weight excluding hydrogens is 516 g/mol. The molecule has 0 saturated carbocycles. The number of rotatable bonds is 9. The molecule has 212 valence electrons. The Morgan fingerprint density at radius 1 is 0.625 bits per heavy atom. The first-order chi connectivity index (χ1) is 19.0. The summed E-state index contributed by atoms with van der Waals surface area (Å²) in [5.41, 5.74) is 19.9. The molecule has 0 fully saturated rings. The number of para-hydroxylation sites is 1. The van der Waals surface area contributed by atoms with Crippen LogP contribution in [-0.2, 0) is 33.6 Å². The number of aromatic nitrogens is 1. The van der Waals surface area contributed by atoms with Gasteiger partial charge in [-0.15, -0.1) is 0 Å². The molecule has 0 aliphatic rings. The van der Waals surface area contributed by atoms with Crippen LogP contribution in [0.1, 0.15) is 16.7 Å². The number of carboxylic acid groups (broad SMARTS) is 3. The van der Waals surface area contributed by atoms with Crippen molar-refractivity contribution < 1.29 is 34.8 Å². The Morgan fingerprint density at radius 2 is 1.07 bits per heavy atom. The Bertz CT molecular complexity index is 1370. The van der Waals surface area contributed by atoms with Gasteiger partial charge in [0.2, 0.25) is 0 Å². The first kappa shape index (κ1) is 31.5. The zero-order chi connectivity index (χ0) is 29.7. The highest BCUT2D eigenvalue weighted by atomic mass is 16.4. The van der Waals surface area contributed by atoms with Gasteiger partial charge < -0.3 is 42.6 Å². The van der Waals surface area contributed by atoms with E-state index in [-0.39, 0.29) is 12.2 Å². The number of carboxylic acids is 3. The van der Waals surface area contributed by atoms with Crippen LogP contribution in [0.2, 0.25) is 0 Å². The first-order valence-electron chi connectivity index (χ1n) is 12.3. The quantitative estimate of drug-likeness (QED) is 0.151. The van der Waals surface area contributed by atoms with E-state index in [1.807, 2.05) is 60.8 Å². The molecule has 1 aromatic heterocycles. The van der Waals surface area contributed by atoms with Crippen LogP contribution in [0.25, 0.3) is 10.9 Å². The number of hydrogen-bond acceptors (Lipinski definition) is 7. The molecule has 0 amide bonds. The van der Waals surface area contributed by atoms with Crippen LogP contribution in [0, 0.1) is 0 Å². The minimum atomic E-state index is -1.02. The highest BCUT2D eigenvalue weighted by molar-refractivity contribution is 5.84. The van der Waals surface area contributed by atoms with Gasteiger partial charge in [-0.25, -0.2) is 0 Å². The van der Waals surface area contributed by atoms with Crippen LogP contribution in [0.15, 0.2) is 85.1 Å². The standard InChI is InChI=1S/C11H12N2O2.C9H11NO3.C9H11NO2/c12-9(11(14)15)5-7-6-13-10-4-2-1-3-8(7)10;10-8(9(12)13)5-6-1-3-7(11)4-2-6;10-8(9(11)12)6-7-4-2-1-3-5-7/h1-4,6,9,13H,5,12H2,(H,14,15);1-4,8,11H,5,10H2,(H,12,13);1-5,8H,6,10H2,(H,11,12)/t9-;2*8-/m000/s1. The fourth-order valence-electron chi connectivity index (χ4n) is 3.55. The summed E-state index contributed by atoms with van der Waals surface area (Å²) in [5.74, 6) is -2.79. The fourth-order valence-corrected chi connectivity index (χ4v) is 3.55. The highest BCUT2D eigenvalue weighted by Gasteiger charge is 2.14. The maximum Gasteiger partial charge on any atom is 0.320 e. The zero-order valence-electron chi connectivity index (χ0n) is 21.7. The summed E-state index contributed by atoms with van der Waals surface area (Å²) >= 11 is 0. The fraction of sp³-hybridized carbons (Fsp3) is 0.207. The van der Waals surface area contributed by atoms with Gasteiger partial charge in [-0.2, -0.15) is 0 Å². The minimum absolute atomic E-state index is 0.160. The molecule has 0 bridgehead atoms. The summed E-state index contributed by atoms with van der Waals surface area (Å²) in [6.07, 6.45) is 2.82. The average molecular weight is 551 g/mol. The van der Waals surface area contributed by atoms with E-state index in [9.17, 15) is 14.4 Å². The number of hydrogen-bond donors (Lipinski definition) is 8. The summed E-state index contributed by atoms with van der Waals surface area (Å²) < 4.78 is 0. The summed E-state index contributed by atoms with van der Waals surface area (Å²) in [4.78, 5) is 34.5. The molecule has 0 aliphatic carbocycles. The summed E-state index contributed by atoms with van der Waals surface area (Å²) in [6.45, 7) is 0. The van der Waals surface area contributed by atoms with E-state index >= 15 is 0 Å². The largest absolute Gasteiger partial charge is 0.508 e. The van der Waals surface area contributed by atoms with Gasteiger partial charge in [-0.1, -0.05) is 60.7 Å². The lowest BCUT2D eigenvalue weighted by atomic mass is 10.1. The molecule has 11 heteroatoms. The molecule has 0 saturated heterocycles. The number of aromatic hydroxyl groups is 1. The average Bonchev–Trinajstić information content (AvgIpc) is 3.33. The van der Waals surface area contributed by atoms with Gasteiger partial charge in [0.25, 0.3) is 0 Å². The van der Waals surface area contributed by atoms with Crippen molar-refractivity contribution in [1.29, 1.82) is 0 Å². The third-order valence-electron chi connectivity index (χ3n) is 5.76. The number of aliphatic carboxylic acids is 3. The lowest BCUT2D eigenvalue weighted by Crippen LogP contribution is -2.32. The van der Waals surface area contributed by atoms with Gasteiger partial charge in [-0.3, -0.25) is 14.4 Å². The Kier molecular flexibility index (Phi) is 12.3. The Morgan fingerprint density at radius 3 is 1.60 bits per heavy atom. The van der Waals surface area contributed by atoms with E-state index in [1.165, 1.54) is 12.1 Å². The van der Waals surface area contributed by atoms with Gasteiger partial charge in [0, 0.05) is 23.5 Å². The van der Waals surface area contributed by atoms with Gasteiger partial charge in [0.15, 0.2) is 0 Å². The minimum Gasteiger partial charge on any atom is -0.508 e. The molecule has 11 N–H and O–H groups in total. The molecule has 4 rings (SSSR count). The van der Waals surface area contributed by atoms with Crippen LogP contribution < -0.4 is 17.2 Å². The van der Waals surface area contributed by atoms with E-state index in [0.29, 0.717) is 12.8 Å². The van der Waals surface area contributed by atoms with E-state index in [0.717, 1.165) is 27.6 Å². The Labute approximate surface area is 230 Å². The van der Waals surface area contributed by atoms with Gasteiger partial charge in [0.1, 0.15) is 23.9 Å². The van der Waals surface area contributed by atoms with Gasteiger partial charge in [0.05, 0.1) is 0 Å². The van der Waals surface area contributed by atoms with E-state index in [2.05, 4.69) is 4.98 Å². The van der Waals surface area contributed by atoms with Crippen molar-refractivity contribution in [3.8, 4) is 5.75 Å². The predicted octanol–water partition coefficient (Wildman–Crippen LogP) is 2.11. The highest BCUT2D eigenvalue weighted by Crippen LogP contribution is 2.18. The Balaban J connectivity index is 0.000000212.